The predicted octanol–water partition coefficient (Wildman–Crippen LogP) is 8.86. The van der Waals surface area contributed by atoms with Crippen LogP contribution in [0.1, 0.15) is 114 Å². The van der Waals surface area contributed by atoms with Crippen molar-refractivity contribution in [2.24, 2.45) is 17.8 Å². The van der Waals surface area contributed by atoms with E-state index in [1.807, 2.05) is 0 Å². The molecule has 0 heteroatoms. The molecule has 0 radical (unpaired) electrons. The Kier molecular flexibility index (Phi) is 9.16. The van der Waals surface area contributed by atoms with Crippen molar-refractivity contribution in [1.82, 2.24) is 0 Å². The molecule has 1 aromatic carbocycles. The van der Waals surface area contributed by atoms with Crippen molar-refractivity contribution in [3.05, 3.63) is 47.5 Å². The molecule has 156 valence electrons. The fourth-order valence-electron chi connectivity index (χ4n) is 5.56. The fourth-order valence-corrected chi connectivity index (χ4v) is 5.56. The topological polar surface area (TPSA) is 0 Å². The molecule has 0 amide bonds. The summed E-state index contributed by atoms with van der Waals surface area (Å²) in [7, 11) is 0. The van der Waals surface area contributed by atoms with Gasteiger partial charge in [0, 0.05) is 0 Å². The minimum Gasteiger partial charge on any atom is -0.0851 e. The SMILES string of the molecule is CCCCCC1CCC(c2ccc(CCC3C=CC(CCC)CC3)cc2)CC1. The van der Waals surface area contributed by atoms with E-state index in [-0.39, 0.29) is 0 Å². The molecule has 0 N–H and O–H groups in total. The molecule has 1 saturated carbocycles. The molecular formula is C28H44. The zero-order valence-electron chi connectivity index (χ0n) is 18.7. The average molecular weight is 381 g/mol. The van der Waals surface area contributed by atoms with Crippen LogP contribution in [0, 0.1) is 17.8 Å². The molecular weight excluding hydrogens is 336 g/mol. The third-order valence-corrected chi connectivity index (χ3v) is 7.54. The summed E-state index contributed by atoms with van der Waals surface area (Å²) in [6.45, 7) is 4.62. The number of hydrogen-bond donors (Lipinski definition) is 0. The van der Waals surface area contributed by atoms with Gasteiger partial charge in [-0.05, 0) is 92.6 Å². The Morgan fingerprint density at radius 1 is 0.679 bits per heavy atom. The maximum Gasteiger partial charge on any atom is -0.0162 e. The van der Waals surface area contributed by atoms with Gasteiger partial charge in [0.25, 0.3) is 0 Å². The first-order chi connectivity index (χ1) is 13.8. The average Bonchev–Trinajstić information content (AvgIpc) is 2.75. The van der Waals surface area contributed by atoms with Crippen LogP contribution in [0.4, 0.5) is 0 Å². The van der Waals surface area contributed by atoms with Crippen LogP contribution in [0.3, 0.4) is 0 Å². The quantitative estimate of drug-likeness (QED) is 0.281. The van der Waals surface area contributed by atoms with Gasteiger partial charge in [-0.2, -0.15) is 0 Å². The van der Waals surface area contributed by atoms with Crippen LogP contribution in [0.2, 0.25) is 0 Å². The van der Waals surface area contributed by atoms with Crippen LogP contribution in [0.25, 0.3) is 0 Å². The largest absolute Gasteiger partial charge is 0.0851 e. The molecule has 2 unspecified atom stereocenters. The van der Waals surface area contributed by atoms with Gasteiger partial charge in [-0.3, -0.25) is 0 Å². The van der Waals surface area contributed by atoms with Crippen LogP contribution in [-0.4, -0.2) is 0 Å². The van der Waals surface area contributed by atoms with E-state index in [9.17, 15) is 0 Å². The van der Waals surface area contributed by atoms with E-state index in [1.165, 1.54) is 89.9 Å². The minimum atomic E-state index is 0.816. The lowest BCUT2D eigenvalue weighted by Crippen LogP contribution is -2.13. The van der Waals surface area contributed by atoms with Crippen molar-refractivity contribution in [2.75, 3.05) is 0 Å². The summed E-state index contributed by atoms with van der Waals surface area (Å²) in [5, 5.41) is 0. The lowest BCUT2D eigenvalue weighted by Gasteiger charge is -2.29. The summed E-state index contributed by atoms with van der Waals surface area (Å²) in [5.41, 5.74) is 3.15. The molecule has 2 aliphatic carbocycles. The third-order valence-electron chi connectivity index (χ3n) is 7.54. The van der Waals surface area contributed by atoms with Crippen LogP contribution >= 0.6 is 0 Å². The highest BCUT2D eigenvalue weighted by Crippen LogP contribution is 2.38. The zero-order valence-corrected chi connectivity index (χ0v) is 18.7. The predicted molar refractivity (Wildman–Crippen MR) is 124 cm³/mol. The highest BCUT2D eigenvalue weighted by Gasteiger charge is 2.22. The van der Waals surface area contributed by atoms with Gasteiger partial charge < -0.3 is 0 Å². The van der Waals surface area contributed by atoms with Crippen molar-refractivity contribution in [1.29, 1.82) is 0 Å². The van der Waals surface area contributed by atoms with E-state index < -0.39 is 0 Å². The van der Waals surface area contributed by atoms with Gasteiger partial charge in [0.1, 0.15) is 0 Å². The van der Waals surface area contributed by atoms with Crippen molar-refractivity contribution in [2.45, 2.75) is 110 Å². The maximum atomic E-state index is 2.52. The monoisotopic (exact) mass is 380 g/mol. The van der Waals surface area contributed by atoms with Gasteiger partial charge >= 0.3 is 0 Å². The molecule has 2 atom stereocenters. The number of aryl methyl sites for hydroxylation is 1. The molecule has 28 heavy (non-hydrogen) atoms. The highest BCUT2D eigenvalue weighted by atomic mass is 14.3. The van der Waals surface area contributed by atoms with Crippen molar-refractivity contribution >= 4 is 0 Å². The van der Waals surface area contributed by atoms with Gasteiger partial charge in [0.2, 0.25) is 0 Å². The Morgan fingerprint density at radius 2 is 1.36 bits per heavy atom. The van der Waals surface area contributed by atoms with Crippen molar-refractivity contribution in [3.8, 4) is 0 Å². The smallest absolute Gasteiger partial charge is 0.0162 e. The van der Waals surface area contributed by atoms with Gasteiger partial charge in [-0.15, -0.1) is 0 Å². The van der Waals surface area contributed by atoms with E-state index in [0.29, 0.717) is 0 Å². The number of hydrogen-bond acceptors (Lipinski definition) is 0. The summed E-state index contributed by atoms with van der Waals surface area (Å²) in [5.74, 6) is 3.52. The molecule has 2 aliphatic rings. The first-order valence-electron chi connectivity index (χ1n) is 12.6. The third kappa shape index (κ3) is 6.78. The van der Waals surface area contributed by atoms with Gasteiger partial charge in [0.05, 0.1) is 0 Å². The molecule has 0 saturated heterocycles. The molecule has 0 nitrogen and oxygen atoms in total. The number of benzene rings is 1. The van der Waals surface area contributed by atoms with Gasteiger partial charge in [-0.25, -0.2) is 0 Å². The number of allylic oxidation sites excluding steroid dienone is 2. The molecule has 0 spiro atoms. The lowest BCUT2D eigenvalue weighted by atomic mass is 9.77. The van der Waals surface area contributed by atoms with Gasteiger partial charge in [-0.1, -0.05) is 82.4 Å². The molecule has 0 aliphatic heterocycles. The Labute approximate surface area is 175 Å². The lowest BCUT2D eigenvalue weighted by molar-refractivity contribution is 0.303. The summed E-state index contributed by atoms with van der Waals surface area (Å²) in [6.07, 6.45) is 24.6. The van der Waals surface area contributed by atoms with E-state index in [4.69, 9.17) is 0 Å². The van der Waals surface area contributed by atoms with E-state index >= 15 is 0 Å². The van der Waals surface area contributed by atoms with Gasteiger partial charge in [0.15, 0.2) is 0 Å². The van der Waals surface area contributed by atoms with Crippen LogP contribution in [0.5, 0.6) is 0 Å². The molecule has 1 aromatic rings. The first kappa shape index (κ1) is 21.7. The minimum absolute atomic E-state index is 0.816. The Hall–Kier alpha value is -1.04. The second kappa shape index (κ2) is 11.8. The summed E-state index contributed by atoms with van der Waals surface area (Å²) < 4.78 is 0. The van der Waals surface area contributed by atoms with E-state index in [2.05, 4.69) is 50.3 Å². The van der Waals surface area contributed by atoms with Crippen LogP contribution < -0.4 is 0 Å². The second-order valence-corrected chi connectivity index (χ2v) is 9.76. The molecule has 3 rings (SSSR count). The molecule has 1 fully saturated rings. The van der Waals surface area contributed by atoms with Crippen molar-refractivity contribution < 1.29 is 0 Å². The zero-order chi connectivity index (χ0) is 19.6. The molecule has 0 bridgehead atoms. The van der Waals surface area contributed by atoms with E-state index in [1.54, 1.807) is 11.1 Å². The Morgan fingerprint density at radius 3 is 1.96 bits per heavy atom. The highest BCUT2D eigenvalue weighted by molar-refractivity contribution is 5.26. The van der Waals surface area contributed by atoms with E-state index in [0.717, 1.165) is 23.7 Å². The van der Waals surface area contributed by atoms with Crippen LogP contribution in [0.15, 0.2) is 36.4 Å². The molecule has 0 aromatic heterocycles. The Balaban J connectivity index is 1.39. The summed E-state index contributed by atoms with van der Waals surface area (Å²) >= 11 is 0. The second-order valence-electron chi connectivity index (χ2n) is 9.76. The first-order valence-corrected chi connectivity index (χ1v) is 12.6. The Bertz CT molecular complexity index is 558. The fraction of sp³-hybridized carbons (Fsp3) is 0.714. The summed E-state index contributed by atoms with van der Waals surface area (Å²) in [6, 6.07) is 9.75. The van der Waals surface area contributed by atoms with Crippen LogP contribution in [-0.2, 0) is 6.42 Å². The number of unbranched alkanes of at least 4 members (excludes halogenated alkanes) is 2. The van der Waals surface area contributed by atoms with Crippen molar-refractivity contribution in [3.63, 3.8) is 0 Å². The maximum absolute atomic E-state index is 2.52. The molecule has 0 heterocycles. The number of rotatable bonds is 10. The normalized spacial score (nSPS) is 27.8. The summed E-state index contributed by atoms with van der Waals surface area (Å²) in [4.78, 5) is 0. The standard InChI is InChI=1S/C28H44/c1-3-5-6-8-24-15-19-27(20-16-24)28-21-17-26(18-22-28)14-13-25-11-9-23(7-4-2)10-12-25/h9,11,17-18,21-25,27H,3-8,10,12-16,19-20H2,1-2H3.